The number of carbonyl (C=O) groups excluding carboxylic acids is 1. The zero-order valence-electron chi connectivity index (χ0n) is 11.0. The van der Waals surface area contributed by atoms with Gasteiger partial charge in [-0.2, -0.15) is 0 Å². The van der Waals surface area contributed by atoms with Crippen LogP contribution in [0, 0.1) is 6.92 Å². The van der Waals surface area contributed by atoms with Crippen LogP contribution in [-0.4, -0.2) is 32.2 Å². The van der Waals surface area contributed by atoms with E-state index in [0.29, 0.717) is 10.6 Å². The number of carbonyl (C=O) groups is 1. The lowest BCUT2D eigenvalue weighted by atomic mass is 10.2. The van der Waals surface area contributed by atoms with Crippen molar-refractivity contribution in [3.63, 3.8) is 0 Å². The van der Waals surface area contributed by atoms with Gasteiger partial charge in [0.2, 0.25) is 0 Å². The highest BCUT2D eigenvalue weighted by atomic mass is 32.2. The molecule has 1 aromatic heterocycles. The van der Waals surface area contributed by atoms with E-state index in [9.17, 15) is 13.2 Å². The van der Waals surface area contributed by atoms with E-state index in [-0.39, 0.29) is 17.1 Å². The topological polar surface area (TPSA) is 99.4 Å². The third kappa shape index (κ3) is 2.91. The SMILES string of the molecule is COC(=O)CCS(=O)(=O)c1cc(C)c2nc(N)sc2c1. The number of thiazole rings is 1. The highest BCUT2D eigenvalue weighted by molar-refractivity contribution is 7.91. The average molecular weight is 314 g/mol. The largest absolute Gasteiger partial charge is 0.469 e. The number of nitrogens with two attached hydrogens (primary N) is 1. The van der Waals surface area contributed by atoms with Gasteiger partial charge >= 0.3 is 5.97 Å². The van der Waals surface area contributed by atoms with Gasteiger partial charge in [0.15, 0.2) is 15.0 Å². The molecule has 1 aromatic carbocycles. The van der Waals surface area contributed by atoms with Crippen molar-refractivity contribution < 1.29 is 17.9 Å². The van der Waals surface area contributed by atoms with Crippen LogP contribution in [0.4, 0.5) is 5.13 Å². The lowest BCUT2D eigenvalue weighted by Crippen LogP contribution is -2.12. The second-order valence-corrected chi connectivity index (χ2v) is 7.46. The van der Waals surface area contributed by atoms with Gasteiger partial charge in [-0.1, -0.05) is 11.3 Å². The van der Waals surface area contributed by atoms with Gasteiger partial charge in [0.1, 0.15) is 0 Å². The Morgan fingerprint density at radius 2 is 2.15 bits per heavy atom. The first-order chi connectivity index (χ1) is 9.33. The van der Waals surface area contributed by atoms with Crippen LogP contribution < -0.4 is 5.73 Å². The fraction of sp³-hybridized carbons (Fsp3) is 0.333. The van der Waals surface area contributed by atoms with Crippen LogP contribution in [0.2, 0.25) is 0 Å². The number of ether oxygens (including phenoxy) is 1. The molecule has 0 atom stereocenters. The molecule has 2 N–H and O–H groups in total. The predicted molar refractivity (Wildman–Crippen MR) is 77.5 cm³/mol. The Morgan fingerprint density at radius 1 is 1.45 bits per heavy atom. The normalized spacial score (nSPS) is 11.7. The molecule has 0 saturated carbocycles. The molecule has 0 unspecified atom stereocenters. The van der Waals surface area contributed by atoms with E-state index >= 15 is 0 Å². The summed E-state index contributed by atoms with van der Waals surface area (Å²) in [4.78, 5) is 15.4. The number of methoxy groups -OCH3 is 1. The Labute approximate surface area is 120 Å². The molecule has 0 aliphatic rings. The minimum Gasteiger partial charge on any atom is -0.469 e. The zero-order valence-corrected chi connectivity index (χ0v) is 12.7. The Hall–Kier alpha value is -1.67. The fourth-order valence-corrected chi connectivity index (χ4v) is 4.05. The Bertz CT molecular complexity index is 765. The number of hydrogen-bond donors (Lipinski definition) is 1. The summed E-state index contributed by atoms with van der Waals surface area (Å²) in [5.74, 6) is -0.827. The lowest BCUT2D eigenvalue weighted by Gasteiger charge is -2.05. The van der Waals surface area contributed by atoms with Crippen LogP contribution in [0.5, 0.6) is 0 Å². The first-order valence-corrected chi connectivity index (χ1v) is 8.26. The molecule has 0 saturated heterocycles. The first kappa shape index (κ1) is 14.7. The molecule has 2 aromatic rings. The van der Waals surface area contributed by atoms with Gasteiger partial charge in [-0.3, -0.25) is 4.79 Å². The molecule has 0 spiro atoms. The maximum Gasteiger partial charge on any atom is 0.306 e. The summed E-state index contributed by atoms with van der Waals surface area (Å²) < 4.78 is 29.6. The molecule has 1 heterocycles. The number of nitrogen functional groups attached to an aromatic ring is 1. The van der Waals surface area contributed by atoms with E-state index in [1.165, 1.54) is 18.4 Å². The maximum absolute atomic E-state index is 12.2. The third-order valence-corrected chi connectivity index (χ3v) is 5.36. The molecule has 0 radical (unpaired) electrons. The molecule has 0 aliphatic carbocycles. The van der Waals surface area contributed by atoms with Gasteiger partial charge in [-0.25, -0.2) is 13.4 Å². The highest BCUT2D eigenvalue weighted by Crippen LogP contribution is 2.29. The summed E-state index contributed by atoms with van der Waals surface area (Å²) in [7, 11) is -2.31. The van der Waals surface area contributed by atoms with Crippen LogP contribution >= 0.6 is 11.3 Å². The molecule has 108 valence electrons. The van der Waals surface area contributed by atoms with Crippen molar-refractivity contribution >= 4 is 42.5 Å². The van der Waals surface area contributed by atoms with E-state index in [4.69, 9.17) is 5.73 Å². The number of rotatable bonds is 4. The molecule has 8 heteroatoms. The standard InChI is InChI=1S/C12H14N2O4S2/c1-7-5-8(6-9-11(7)14-12(13)19-9)20(16,17)4-3-10(15)18-2/h5-6H,3-4H2,1-2H3,(H2,13,14). The molecule has 0 fully saturated rings. The van der Waals surface area contributed by atoms with Gasteiger partial charge in [0.25, 0.3) is 0 Å². The summed E-state index contributed by atoms with van der Waals surface area (Å²) in [6.45, 7) is 1.78. The number of esters is 1. The minimum absolute atomic E-state index is 0.166. The summed E-state index contributed by atoms with van der Waals surface area (Å²) in [5.41, 5.74) is 7.08. The van der Waals surface area contributed by atoms with Crippen molar-refractivity contribution in [2.24, 2.45) is 0 Å². The lowest BCUT2D eigenvalue weighted by molar-refractivity contribution is -0.140. The van der Waals surface area contributed by atoms with E-state index in [1.807, 2.05) is 0 Å². The number of aromatic nitrogens is 1. The van der Waals surface area contributed by atoms with E-state index in [2.05, 4.69) is 9.72 Å². The van der Waals surface area contributed by atoms with Crippen molar-refractivity contribution in [3.8, 4) is 0 Å². The molecule has 2 rings (SSSR count). The van der Waals surface area contributed by atoms with Crippen molar-refractivity contribution in [3.05, 3.63) is 17.7 Å². The summed E-state index contributed by atoms with van der Waals surface area (Å²) in [5, 5.41) is 0.396. The van der Waals surface area contributed by atoms with E-state index in [1.54, 1.807) is 19.1 Å². The molecular formula is C12H14N2O4S2. The Morgan fingerprint density at radius 3 is 2.80 bits per heavy atom. The fourth-order valence-electron chi connectivity index (χ4n) is 1.80. The van der Waals surface area contributed by atoms with Crippen molar-refractivity contribution in [2.75, 3.05) is 18.6 Å². The Kier molecular flexibility index (Phi) is 3.96. The summed E-state index contributed by atoms with van der Waals surface area (Å²) >= 11 is 1.24. The molecule has 6 nitrogen and oxygen atoms in total. The first-order valence-electron chi connectivity index (χ1n) is 5.80. The summed E-state index contributed by atoms with van der Waals surface area (Å²) in [6, 6.07) is 3.09. The second kappa shape index (κ2) is 5.37. The molecular weight excluding hydrogens is 300 g/mol. The van der Waals surface area contributed by atoms with E-state index < -0.39 is 15.8 Å². The molecule has 0 amide bonds. The van der Waals surface area contributed by atoms with Crippen LogP contribution in [0.3, 0.4) is 0 Å². The molecule has 0 aliphatic heterocycles. The average Bonchev–Trinajstić information content (AvgIpc) is 2.77. The quantitative estimate of drug-likeness (QED) is 0.859. The molecule has 0 bridgehead atoms. The van der Waals surface area contributed by atoms with Gasteiger partial charge in [-0.15, -0.1) is 0 Å². The minimum atomic E-state index is -3.53. The second-order valence-electron chi connectivity index (χ2n) is 4.28. The van der Waals surface area contributed by atoms with Gasteiger partial charge < -0.3 is 10.5 Å². The van der Waals surface area contributed by atoms with Crippen LogP contribution in [0.1, 0.15) is 12.0 Å². The molecule has 20 heavy (non-hydrogen) atoms. The van der Waals surface area contributed by atoms with Crippen LogP contribution in [0.25, 0.3) is 10.2 Å². The number of aryl methyl sites for hydroxylation is 1. The monoisotopic (exact) mass is 314 g/mol. The van der Waals surface area contributed by atoms with Crippen molar-refractivity contribution in [1.29, 1.82) is 0 Å². The van der Waals surface area contributed by atoms with Crippen LogP contribution in [0.15, 0.2) is 17.0 Å². The third-order valence-electron chi connectivity index (χ3n) is 2.84. The zero-order chi connectivity index (χ0) is 14.9. The number of hydrogen-bond acceptors (Lipinski definition) is 7. The maximum atomic E-state index is 12.2. The van der Waals surface area contributed by atoms with E-state index in [0.717, 1.165) is 10.3 Å². The number of benzene rings is 1. The smallest absolute Gasteiger partial charge is 0.306 e. The number of fused-ring (bicyclic) bond motifs is 1. The number of anilines is 1. The Balaban J connectivity index is 2.39. The summed E-state index contributed by atoms with van der Waals surface area (Å²) in [6.07, 6.45) is -0.166. The highest BCUT2D eigenvalue weighted by Gasteiger charge is 2.19. The predicted octanol–water partition coefficient (Wildman–Crippen LogP) is 1.52. The van der Waals surface area contributed by atoms with Gasteiger partial charge in [0.05, 0.1) is 34.4 Å². The van der Waals surface area contributed by atoms with Crippen molar-refractivity contribution in [1.82, 2.24) is 4.98 Å². The van der Waals surface area contributed by atoms with Crippen LogP contribution in [-0.2, 0) is 19.4 Å². The number of sulfone groups is 1. The number of nitrogens with zero attached hydrogens (tertiary/aromatic N) is 1. The van der Waals surface area contributed by atoms with Crippen molar-refractivity contribution in [2.45, 2.75) is 18.2 Å². The van der Waals surface area contributed by atoms with Gasteiger partial charge in [0, 0.05) is 0 Å². The van der Waals surface area contributed by atoms with Gasteiger partial charge in [-0.05, 0) is 24.6 Å².